The molecule has 0 bridgehead atoms. The number of aryl methyl sites for hydroxylation is 1. The van der Waals surface area contributed by atoms with Crippen molar-refractivity contribution in [1.29, 1.82) is 0 Å². The Labute approximate surface area is 194 Å². The van der Waals surface area contributed by atoms with Crippen LogP contribution in [-0.2, 0) is 32.7 Å². The third kappa shape index (κ3) is 4.98. The molecule has 3 aromatic carbocycles. The summed E-state index contributed by atoms with van der Waals surface area (Å²) in [5, 5.41) is 0. The lowest BCUT2D eigenvalue weighted by Crippen LogP contribution is -2.48. The van der Waals surface area contributed by atoms with Crippen molar-refractivity contribution in [3.63, 3.8) is 0 Å². The Kier molecular flexibility index (Phi) is 6.60. The van der Waals surface area contributed by atoms with E-state index in [1.54, 1.807) is 17.0 Å². The lowest BCUT2D eigenvalue weighted by Gasteiger charge is -2.30. The Morgan fingerprint density at radius 3 is 1.91 bits per heavy atom. The molecule has 1 aliphatic rings. The van der Waals surface area contributed by atoms with E-state index < -0.39 is 22.0 Å². The van der Waals surface area contributed by atoms with Gasteiger partial charge < -0.3 is 4.90 Å². The maximum Gasteiger partial charge on any atom is 0.267 e. The van der Waals surface area contributed by atoms with Crippen LogP contribution in [0.1, 0.15) is 29.5 Å². The summed E-state index contributed by atoms with van der Waals surface area (Å²) >= 11 is 0. The van der Waals surface area contributed by atoms with Crippen LogP contribution in [0.3, 0.4) is 0 Å². The molecule has 1 heterocycles. The van der Waals surface area contributed by atoms with E-state index in [1.807, 2.05) is 67.6 Å². The minimum Gasteiger partial charge on any atom is -0.332 e. The molecule has 0 N–H and O–H groups in total. The Morgan fingerprint density at radius 1 is 0.879 bits per heavy atom. The summed E-state index contributed by atoms with van der Waals surface area (Å²) in [5.41, 5.74) is 2.77. The van der Waals surface area contributed by atoms with Crippen molar-refractivity contribution in [1.82, 2.24) is 9.21 Å². The van der Waals surface area contributed by atoms with E-state index in [1.165, 1.54) is 12.1 Å². The molecule has 6 nitrogen and oxygen atoms in total. The van der Waals surface area contributed by atoms with Crippen LogP contribution < -0.4 is 0 Å². The van der Waals surface area contributed by atoms with Crippen LogP contribution in [0, 0.1) is 6.92 Å². The SMILES string of the molecule is Cc1ccc(S(=O)(=O)N2C(=O)CC[C@H]2C(=O)N(Cc2ccccc2)Cc2ccccc2)cc1. The molecule has 0 saturated carbocycles. The molecule has 0 aliphatic carbocycles. The number of benzene rings is 3. The third-order valence-electron chi connectivity index (χ3n) is 5.77. The van der Waals surface area contributed by atoms with E-state index in [-0.39, 0.29) is 23.6 Å². The van der Waals surface area contributed by atoms with Gasteiger partial charge in [-0.2, -0.15) is 0 Å². The summed E-state index contributed by atoms with van der Waals surface area (Å²) in [4.78, 5) is 28.0. The number of carbonyl (C=O) groups excluding carboxylic acids is 2. The summed E-state index contributed by atoms with van der Waals surface area (Å²) in [6.07, 6.45) is 0.189. The molecule has 0 spiro atoms. The van der Waals surface area contributed by atoms with E-state index >= 15 is 0 Å². The minimum absolute atomic E-state index is 0.0128. The van der Waals surface area contributed by atoms with E-state index in [9.17, 15) is 18.0 Å². The molecule has 4 rings (SSSR count). The van der Waals surface area contributed by atoms with Gasteiger partial charge in [0.25, 0.3) is 10.0 Å². The average Bonchev–Trinajstić information content (AvgIpc) is 3.22. The molecule has 1 fully saturated rings. The molecular formula is C26H26N2O4S. The van der Waals surface area contributed by atoms with Crippen LogP contribution in [0.15, 0.2) is 89.8 Å². The number of sulfonamides is 1. The minimum atomic E-state index is -4.14. The lowest BCUT2D eigenvalue weighted by molar-refractivity contribution is -0.138. The second-order valence-electron chi connectivity index (χ2n) is 8.23. The molecule has 0 aromatic heterocycles. The summed E-state index contributed by atoms with van der Waals surface area (Å²) < 4.78 is 27.5. The molecule has 170 valence electrons. The van der Waals surface area contributed by atoms with Gasteiger partial charge in [-0.3, -0.25) is 9.59 Å². The van der Waals surface area contributed by atoms with Gasteiger partial charge >= 0.3 is 0 Å². The topological polar surface area (TPSA) is 74.8 Å². The highest BCUT2D eigenvalue weighted by atomic mass is 32.2. The van der Waals surface area contributed by atoms with E-state index in [2.05, 4.69) is 0 Å². The zero-order valence-corrected chi connectivity index (χ0v) is 19.2. The quantitative estimate of drug-likeness (QED) is 0.534. The normalized spacial score (nSPS) is 16.1. The van der Waals surface area contributed by atoms with Gasteiger partial charge in [-0.05, 0) is 36.6 Å². The molecule has 3 aromatic rings. The smallest absolute Gasteiger partial charge is 0.267 e. The molecule has 1 aliphatic heterocycles. The third-order valence-corrected chi connectivity index (χ3v) is 7.61. The fourth-order valence-electron chi connectivity index (χ4n) is 4.04. The van der Waals surface area contributed by atoms with Gasteiger partial charge in [-0.25, -0.2) is 12.7 Å². The largest absolute Gasteiger partial charge is 0.332 e. The molecule has 2 amide bonds. The number of amides is 2. The van der Waals surface area contributed by atoms with Crippen molar-refractivity contribution >= 4 is 21.8 Å². The highest BCUT2D eigenvalue weighted by Gasteiger charge is 2.45. The molecule has 7 heteroatoms. The van der Waals surface area contributed by atoms with Crippen LogP contribution in [0.25, 0.3) is 0 Å². The first-order chi connectivity index (χ1) is 15.9. The molecule has 33 heavy (non-hydrogen) atoms. The zero-order valence-electron chi connectivity index (χ0n) is 18.4. The molecule has 0 radical (unpaired) electrons. The fourth-order valence-corrected chi connectivity index (χ4v) is 5.64. The van der Waals surface area contributed by atoms with Crippen LogP contribution in [0.2, 0.25) is 0 Å². The second kappa shape index (κ2) is 9.58. The van der Waals surface area contributed by atoms with Gasteiger partial charge in [0.2, 0.25) is 11.8 Å². The number of hydrogen-bond donors (Lipinski definition) is 0. The highest BCUT2D eigenvalue weighted by molar-refractivity contribution is 7.89. The predicted molar refractivity (Wildman–Crippen MR) is 125 cm³/mol. The van der Waals surface area contributed by atoms with Crippen molar-refractivity contribution < 1.29 is 18.0 Å². The average molecular weight is 463 g/mol. The first-order valence-corrected chi connectivity index (χ1v) is 12.3. The van der Waals surface area contributed by atoms with Crippen LogP contribution >= 0.6 is 0 Å². The lowest BCUT2D eigenvalue weighted by atomic mass is 10.1. The van der Waals surface area contributed by atoms with Gasteiger partial charge in [0.05, 0.1) is 4.90 Å². The summed E-state index contributed by atoms with van der Waals surface area (Å²) in [7, 11) is -4.14. The van der Waals surface area contributed by atoms with E-state index in [0.717, 1.165) is 21.0 Å². The van der Waals surface area contributed by atoms with E-state index in [0.29, 0.717) is 13.1 Å². The second-order valence-corrected chi connectivity index (χ2v) is 10.0. The monoisotopic (exact) mass is 462 g/mol. The van der Waals surface area contributed by atoms with Crippen molar-refractivity contribution in [3.8, 4) is 0 Å². The van der Waals surface area contributed by atoms with Gasteiger partial charge in [-0.1, -0.05) is 78.4 Å². The number of carbonyl (C=O) groups is 2. The molecule has 1 atom stereocenters. The van der Waals surface area contributed by atoms with Crippen LogP contribution in [-0.4, -0.2) is 35.5 Å². The zero-order chi connectivity index (χ0) is 23.4. The van der Waals surface area contributed by atoms with E-state index in [4.69, 9.17) is 0 Å². The summed E-state index contributed by atoms with van der Waals surface area (Å²) in [6.45, 7) is 2.49. The van der Waals surface area contributed by atoms with Gasteiger partial charge in [0.15, 0.2) is 0 Å². The molecule has 0 unspecified atom stereocenters. The first kappa shape index (κ1) is 22.7. The van der Waals surface area contributed by atoms with Crippen molar-refractivity contribution in [2.24, 2.45) is 0 Å². The molecular weight excluding hydrogens is 436 g/mol. The Bertz CT molecular complexity index is 1180. The van der Waals surface area contributed by atoms with Gasteiger partial charge in [-0.15, -0.1) is 0 Å². The first-order valence-electron chi connectivity index (χ1n) is 10.9. The van der Waals surface area contributed by atoms with Crippen molar-refractivity contribution in [2.75, 3.05) is 0 Å². The summed E-state index contributed by atoms with van der Waals surface area (Å²) in [5.74, 6) is -0.919. The maximum atomic E-state index is 13.7. The molecule has 1 saturated heterocycles. The number of rotatable bonds is 7. The van der Waals surface area contributed by atoms with Crippen LogP contribution in [0.5, 0.6) is 0 Å². The number of nitrogens with zero attached hydrogens (tertiary/aromatic N) is 2. The van der Waals surface area contributed by atoms with Crippen molar-refractivity contribution in [3.05, 3.63) is 102 Å². The fraction of sp³-hybridized carbons (Fsp3) is 0.231. The maximum absolute atomic E-state index is 13.7. The Hall–Kier alpha value is -3.45. The highest BCUT2D eigenvalue weighted by Crippen LogP contribution is 2.29. The van der Waals surface area contributed by atoms with Gasteiger partial charge in [0, 0.05) is 19.5 Å². The van der Waals surface area contributed by atoms with Gasteiger partial charge in [0.1, 0.15) is 6.04 Å². The standard InChI is InChI=1S/C26H26N2O4S/c1-20-12-14-23(15-13-20)33(31,32)28-24(16-17-25(28)29)26(30)27(18-21-8-4-2-5-9-21)19-22-10-6-3-7-11-22/h2-15,24H,16-19H2,1H3/t24-/m0/s1. The Morgan fingerprint density at radius 2 is 1.39 bits per heavy atom. The summed E-state index contributed by atoms with van der Waals surface area (Å²) in [6, 6.07) is 24.3. The predicted octanol–water partition coefficient (Wildman–Crippen LogP) is 3.90. The van der Waals surface area contributed by atoms with Crippen LogP contribution in [0.4, 0.5) is 0 Å². The number of hydrogen-bond acceptors (Lipinski definition) is 4. The Balaban J connectivity index is 1.66. The van der Waals surface area contributed by atoms with Crippen molar-refractivity contribution in [2.45, 2.75) is 43.8 Å².